The summed E-state index contributed by atoms with van der Waals surface area (Å²) < 4.78 is 10.8. The Morgan fingerprint density at radius 2 is 1.71 bits per heavy atom. The van der Waals surface area contributed by atoms with Gasteiger partial charge in [0.25, 0.3) is 5.91 Å². The molecule has 3 N–H and O–H groups in total. The van der Waals surface area contributed by atoms with Crippen molar-refractivity contribution in [3.8, 4) is 5.75 Å². The summed E-state index contributed by atoms with van der Waals surface area (Å²) in [6.07, 6.45) is 0.590. The lowest BCUT2D eigenvalue weighted by molar-refractivity contribution is -0.145. The number of aryl methyl sites for hydroxylation is 3. The molecule has 34 heavy (non-hydrogen) atoms. The molecule has 8 nitrogen and oxygen atoms in total. The number of amides is 2. The van der Waals surface area contributed by atoms with Crippen molar-refractivity contribution < 1.29 is 23.9 Å². The number of hydrogen-bond acceptors (Lipinski definition) is 6. The van der Waals surface area contributed by atoms with E-state index < -0.39 is 23.9 Å². The Morgan fingerprint density at radius 3 is 2.41 bits per heavy atom. The van der Waals surface area contributed by atoms with Gasteiger partial charge in [0.1, 0.15) is 5.75 Å². The van der Waals surface area contributed by atoms with Crippen LogP contribution in [-0.4, -0.2) is 35.6 Å². The lowest BCUT2D eigenvalue weighted by atomic mass is 10.1. The molecule has 2 amide bonds. The summed E-state index contributed by atoms with van der Waals surface area (Å²) in [5.74, 6) is -0.803. The number of thiocarbonyl (C=S) groups is 1. The van der Waals surface area contributed by atoms with Crippen LogP contribution < -0.4 is 20.9 Å². The summed E-state index contributed by atoms with van der Waals surface area (Å²) in [7, 11) is 0. The van der Waals surface area contributed by atoms with Crippen LogP contribution in [0.3, 0.4) is 0 Å². The van der Waals surface area contributed by atoms with Gasteiger partial charge in [-0.15, -0.1) is 0 Å². The summed E-state index contributed by atoms with van der Waals surface area (Å²) in [4.78, 5) is 36.0. The molecule has 1 atom stereocenters. The lowest BCUT2D eigenvalue weighted by Gasteiger charge is -2.16. The van der Waals surface area contributed by atoms with Crippen molar-refractivity contribution in [3.63, 3.8) is 0 Å². The number of hydrogen-bond donors (Lipinski definition) is 3. The fourth-order valence-electron chi connectivity index (χ4n) is 2.88. The number of hydrazine groups is 1. The number of nitrogens with one attached hydrogen (secondary N) is 3. The van der Waals surface area contributed by atoms with Gasteiger partial charge >= 0.3 is 5.97 Å². The average Bonchev–Trinajstić information content (AvgIpc) is 2.82. The lowest BCUT2D eigenvalue weighted by Crippen LogP contribution is -2.51. The molecule has 0 radical (unpaired) electrons. The standard InChI is InChI=1S/C25H31N3O5S/c1-17-11-12-21(16-18(17)2)33-19(3)24(31)27-28-25(34)26-22(29)13-14-23(30)32-15-7-10-20-8-5-4-6-9-20/h4-6,8-9,11-12,16,19H,7,10,13-15H2,1-3H3,(H,27,31)(H2,26,28,29,34). The van der Waals surface area contributed by atoms with Gasteiger partial charge in [0.2, 0.25) is 5.91 Å². The molecule has 182 valence electrons. The molecule has 2 aromatic carbocycles. The van der Waals surface area contributed by atoms with Crippen molar-refractivity contribution in [1.82, 2.24) is 16.2 Å². The van der Waals surface area contributed by atoms with Crippen LogP contribution in [0, 0.1) is 13.8 Å². The number of esters is 1. The molecule has 0 saturated carbocycles. The Kier molecular flexibility index (Phi) is 11.0. The van der Waals surface area contributed by atoms with Gasteiger partial charge in [-0.25, -0.2) is 0 Å². The number of rotatable bonds is 10. The van der Waals surface area contributed by atoms with Gasteiger partial charge in [0.05, 0.1) is 13.0 Å². The monoisotopic (exact) mass is 485 g/mol. The van der Waals surface area contributed by atoms with Gasteiger partial charge in [-0.05, 0) is 74.7 Å². The van der Waals surface area contributed by atoms with Crippen LogP contribution in [-0.2, 0) is 25.5 Å². The maximum Gasteiger partial charge on any atom is 0.306 e. The third-order valence-corrected chi connectivity index (χ3v) is 5.19. The maximum atomic E-state index is 12.2. The molecule has 2 rings (SSSR count). The minimum Gasteiger partial charge on any atom is -0.481 e. The highest BCUT2D eigenvalue weighted by Crippen LogP contribution is 2.17. The summed E-state index contributed by atoms with van der Waals surface area (Å²) in [6.45, 7) is 5.84. The van der Waals surface area contributed by atoms with Gasteiger partial charge < -0.3 is 14.8 Å². The smallest absolute Gasteiger partial charge is 0.306 e. The van der Waals surface area contributed by atoms with E-state index in [4.69, 9.17) is 21.7 Å². The summed E-state index contributed by atoms with van der Waals surface area (Å²) in [5, 5.41) is 2.31. The van der Waals surface area contributed by atoms with E-state index in [1.165, 1.54) is 5.56 Å². The van der Waals surface area contributed by atoms with E-state index in [0.29, 0.717) is 18.8 Å². The van der Waals surface area contributed by atoms with E-state index in [2.05, 4.69) is 16.2 Å². The minimum atomic E-state index is -0.787. The van der Waals surface area contributed by atoms with Gasteiger partial charge in [0, 0.05) is 6.42 Å². The zero-order chi connectivity index (χ0) is 24.9. The quantitative estimate of drug-likeness (QED) is 0.206. The normalized spacial score (nSPS) is 11.1. The first-order valence-corrected chi connectivity index (χ1v) is 11.5. The summed E-state index contributed by atoms with van der Waals surface area (Å²) in [5.41, 5.74) is 8.20. The Bertz CT molecular complexity index is 997. The summed E-state index contributed by atoms with van der Waals surface area (Å²) >= 11 is 4.99. The van der Waals surface area contributed by atoms with E-state index in [-0.39, 0.29) is 18.0 Å². The van der Waals surface area contributed by atoms with Gasteiger partial charge in [0.15, 0.2) is 11.2 Å². The molecular weight excluding hydrogens is 454 g/mol. The topological polar surface area (TPSA) is 106 Å². The molecule has 2 aromatic rings. The van der Waals surface area contributed by atoms with Gasteiger partial charge in [-0.1, -0.05) is 36.4 Å². The number of carbonyl (C=O) groups is 3. The van der Waals surface area contributed by atoms with Crippen molar-refractivity contribution in [3.05, 3.63) is 65.2 Å². The number of carbonyl (C=O) groups excluding carboxylic acids is 3. The second-order valence-corrected chi connectivity index (χ2v) is 8.22. The Balaban J connectivity index is 1.58. The van der Waals surface area contributed by atoms with Crippen molar-refractivity contribution >= 4 is 35.1 Å². The molecule has 9 heteroatoms. The van der Waals surface area contributed by atoms with Crippen LogP contribution >= 0.6 is 12.2 Å². The molecule has 0 fully saturated rings. The average molecular weight is 486 g/mol. The molecule has 0 aromatic heterocycles. The molecule has 0 bridgehead atoms. The fourth-order valence-corrected chi connectivity index (χ4v) is 3.04. The van der Waals surface area contributed by atoms with E-state index in [1.807, 2.05) is 56.3 Å². The Labute approximate surface area is 205 Å². The molecule has 0 aliphatic rings. The fraction of sp³-hybridized carbons (Fsp3) is 0.360. The molecule has 0 saturated heterocycles. The highest BCUT2D eigenvalue weighted by atomic mass is 32.1. The predicted octanol–water partition coefficient (Wildman–Crippen LogP) is 3.05. The first-order chi connectivity index (χ1) is 16.2. The zero-order valence-corrected chi connectivity index (χ0v) is 20.5. The molecule has 0 aliphatic carbocycles. The molecule has 1 unspecified atom stereocenters. The second kappa shape index (κ2) is 13.9. The Morgan fingerprint density at radius 1 is 0.971 bits per heavy atom. The zero-order valence-electron chi connectivity index (χ0n) is 19.7. The predicted molar refractivity (Wildman–Crippen MR) is 133 cm³/mol. The van der Waals surface area contributed by atoms with Crippen molar-refractivity contribution in [2.24, 2.45) is 0 Å². The van der Waals surface area contributed by atoms with Crippen LogP contribution in [0.15, 0.2) is 48.5 Å². The molecule has 0 aliphatic heterocycles. The van der Waals surface area contributed by atoms with Crippen molar-refractivity contribution in [2.45, 2.75) is 52.6 Å². The first kappa shape index (κ1) is 26.8. The van der Waals surface area contributed by atoms with Gasteiger partial charge in [-0.3, -0.25) is 25.2 Å². The molecular formula is C25H31N3O5S. The molecule has 0 spiro atoms. The largest absolute Gasteiger partial charge is 0.481 e. The van der Waals surface area contributed by atoms with E-state index in [0.717, 1.165) is 17.5 Å². The molecule has 0 heterocycles. The summed E-state index contributed by atoms with van der Waals surface area (Å²) in [6, 6.07) is 15.5. The SMILES string of the molecule is Cc1ccc(OC(C)C(=O)NNC(=S)NC(=O)CCC(=O)OCCCc2ccccc2)cc1C. The van der Waals surface area contributed by atoms with Crippen LogP contribution in [0.4, 0.5) is 0 Å². The van der Waals surface area contributed by atoms with Crippen LogP contribution in [0.2, 0.25) is 0 Å². The van der Waals surface area contributed by atoms with Crippen LogP contribution in [0.5, 0.6) is 5.75 Å². The van der Waals surface area contributed by atoms with Gasteiger partial charge in [-0.2, -0.15) is 0 Å². The van der Waals surface area contributed by atoms with Crippen molar-refractivity contribution in [1.29, 1.82) is 0 Å². The van der Waals surface area contributed by atoms with E-state index in [1.54, 1.807) is 13.0 Å². The Hall–Kier alpha value is -3.46. The van der Waals surface area contributed by atoms with E-state index in [9.17, 15) is 14.4 Å². The number of benzene rings is 2. The second-order valence-electron chi connectivity index (χ2n) is 7.81. The third kappa shape index (κ3) is 9.99. The van der Waals surface area contributed by atoms with Crippen LogP contribution in [0.1, 0.15) is 42.9 Å². The first-order valence-electron chi connectivity index (χ1n) is 11.1. The highest BCUT2D eigenvalue weighted by Gasteiger charge is 2.16. The van der Waals surface area contributed by atoms with Crippen molar-refractivity contribution in [2.75, 3.05) is 6.61 Å². The highest BCUT2D eigenvalue weighted by molar-refractivity contribution is 7.80. The third-order valence-electron chi connectivity index (χ3n) is 4.98. The van der Waals surface area contributed by atoms with E-state index >= 15 is 0 Å². The maximum absolute atomic E-state index is 12.2. The minimum absolute atomic E-state index is 0.0625. The van der Waals surface area contributed by atoms with Crippen LogP contribution in [0.25, 0.3) is 0 Å². The number of ether oxygens (including phenoxy) is 2.